The summed E-state index contributed by atoms with van der Waals surface area (Å²) in [5, 5.41) is 8.69. The molecule has 0 radical (unpaired) electrons. The zero-order valence-corrected chi connectivity index (χ0v) is 11.6. The molecule has 0 spiro atoms. The minimum Gasteiger partial charge on any atom is -0.314 e. The fourth-order valence-electron chi connectivity index (χ4n) is 2.33. The average Bonchev–Trinajstić information content (AvgIpc) is 2.59. The molecule has 96 valence electrons. The van der Waals surface area contributed by atoms with Crippen molar-refractivity contribution >= 4 is 11.6 Å². The lowest BCUT2D eigenvalue weighted by Crippen LogP contribution is -2.49. The summed E-state index contributed by atoms with van der Waals surface area (Å²) in [5.41, 5.74) is 2.09. The Kier molecular flexibility index (Phi) is 4.07. The fraction of sp³-hybridized carbons (Fsp3) is 0.750. The van der Waals surface area contributed by atoms with Gasteiger partial charge in [0.15, 0.2) is 0 Å². The molecule has 1 aliphatic heterocycles. The van der Waals surface area contributed by atoms with Gasteiger partial charge in [0.1, 0.15) is 0 Å². The minimum atomic E-state index is 0.556. The van der Waals surface area contributed by atoms with E-state index in [9.17, 15) is 0 Å². The van der Waals surface area contributed by atoms with Crippen LogP contribution >= 0.6 is 11.6 Å². The Balaban J connectivity index is 2.16. The Labute approximate surface area is 108 Å². The highest BCUT2D eigenvalue weighted by Gasteiger charge is 2.21. The maximum Gasteiger partial charge on any atom is 0.0860 e. The van der Waals surface area contributed by atoms with Gasteiger partial charge in [-0.3, -0.25) is 9.58 Å². The molecule has 1 aromatic rings. The third-order valence-electron chi connectivity index (χ3n) is 3.44. The van der Waals surface area contributed by atoms with Crippen molar-refractivity contribution in [3.8, 4) is 0 Å². The largest absolute Gasteiger partial charge is 0.314 e. The van der Waals surface area contributed by atoms with E-state index < -0.39 is 0 Å². The number of halogens is 1. The number of nitrogens with zero attached hydrogens (tertiary/aromatic N) is 3. The SMILES string of the molecule is CCn1nc(C)c(Cl)c1CN1CCNC[C@@H]1C. The van der Waals surface area contributed by atoms with E-state index in [1.807, 2.05) is 11.6 Å². The molecule has 2 rings (SSSR count). The lowest BCUT2D eigenvalue weighted by molar-refractivity contribution is 0.161. The first-order valence-corrected chi connectivity index (χ1v) is 6.67. The van der Waals surface area contributed by atoms with Crippen LogP contribution in [0.5, 0.6) is 0 Å². The first kappa shape index (κ1) is 12.9. The van der Waals surface area contributed by atoms with Crippen molar-refractivity contribution in [2.24, 2.45) is 0 Å². The molecule has 1 saturated heterocycles. The van der Waals surface area contributed by atoms with Crippen molar-refractivity contribution in [3.05, 3.63) is 16.4 Å². The summed E-state index contributed by atoms with van der Waals surface area (Å²) in [5.74, 6) is 0. The van der Waals surface area contributed by atoms with Crippen LogP contribution in [0.3, 0.4) is 0 Å². The van der Waals surface area contributed by atoms with E-state index in [-0.39, 0.29) is 0 Å². The molecule has 1 aliphatic rings. The van der Waals surface area contributed by atoms with E-state index in [1.54, 1.807) is 0 Å². The molecule has 0 amide bonds. The maximum atomic E-state index is 6.33. The molecule has 0 bridgehead atoms. The molecule has 1 aromatic heterocycles. The van der Waals surface area contributed by atoms with Gasteiger partial charge in [-0.15, -0.1) is 0 Å². The van der Waals surface area contributed by atoms with E-state index in [0.29, 0.717) is 6.04 Å². The topological polar surface area (TPSA) is 33.1 Å². The lowest BCUT2D eigenvalue weighted by Gasteiger charge is -2.33. The van der Waals surface area contributed by atoms with Crippen LogP contribution in [-0.4, -0.2) is 40.4 Å². The predicted molar refractivity (Wildman–Crippen MR) is 70.4 cm³/mol. The normalized spacial score (nSPS) is 22.0. The Hall–Kier alpha value is -0.580. The van der Waals surface area contributed by atoms with Gasteiger partial charge in [0.05, 0.1) is 16.4 Å². The monoisotopic (exact) mass is 256 g/mol. The zero-order chi connectivity index (χ0) is 12.4. The van der Waals surface area contributed by atoms with Crippen LogP contribution in [0.25, 0.3) is 0 Å². The molecular weight excluding hydrogens is 236 g/mol. The molecule has 1 fully saturated rings. The molecule has 5 heteroatoms. The Bertz CT molecular complexity index is 388. The minimum absolute atomic E-state index is 0.556. The smallest absolute Gasteiger partial charge is 0.0860 e. The van der Waals surface area contributed by atoms with Crippen molar-refractivity contribution in [1.82, 2.24) is 20.0 Å². The number of nitrogens with one attached hydrogen (secondary N) is 1. The van der Waals surface area contributed by atoms with Gasteiger partial charge in [0.2, 0.25) is 0 Å². The molecule has 4 nitrogen and oxygen atoms in total. The van der Waals surface area contributed by atoms with Gasteiger partial charge in [0.25, 0.3) is 0 Å². The Morgan fingerprint density at radius 2 is 2.29 bits per heavy atom. The van der Waals surface area contributed by atoms with Gasteiger partial charge in [-0.2, -0.15) is 5.10 Å². The van der Waals surface area contributed by atoms with E-state index in [2.05, 4.69) is 29.2 Å². The van der Waals surface area contributed by atoms with Crippen molar-refractivity contribution in [2.75, 3.05) is 19.6 Å². The van der Waals surface area contributed by atoms with Gasteiger partial charge in [-0.05, 0) is 20.8 Å². The molecule has 2 heterocycles. The van der Waals surface area contributed by atoms with E-state index in [4.69, 9.17) is 11.6 Å². The van der Waals surface area contributed by atoms with E-state index in [0.717, 1.165) is 49.1 Å². The van der Waals surface area contributed by atoms with Crippen LogP contribution in [0.4, 0.5) is 0 Å². The average molecular weight is 257 g/mol. The molecule has 0 aromatic carbocycles. The second-order valence-electron chi connectivity index (χ2n) is 4.69. The molecule has 0 unspecified atom stereocenters. The molecule has 0 saturated carbocycles. The van der Waals surface area contributed by atoms with Gasteiger partial charge in [-0.1, -0.05) is 11.6 Å². The van der Waals surface area contributed by atoms with Crippen molar-refractivity contribution in [3.63, 3.8) is 0 Å². The zero-order valence-electron chi connectivity index (χ0n) is 10.8. The standard InChI is InChI=1S/C12H21ClN4/c1-4-17-11(12(13)10(3)15-17)8-16-6-5-14-7-9(16)2/h9,14H,4-8H2,1-3H3/t9-/m0/s1. The van der Waals surface area contributed by atoms with Crippen LogP contribution in [-0.2, 0) is 13.1 Å². The van der Waals surface area contributed by atoms with E-state index in [1.165, 1.54) is 0 Å². The third-order valence-corrected chi connectivity index (χ3v) is 3.94. The summed E-state index contributed by atoms with van der Waals surface area (Å²) in [6, 6.07) is 0.556. The highest BCUT2D eigenvalue weighted by atomic mass is 35.5. The van der Waals surface area contributed by atoms with Crippen LogP contribution in [0.15, 0.2) is 0 Å². The third kappa shape index (κ3) is 2.64. The molecule has 17 heavy (non-hydrogen) atoms. The Morgan fingerprint density at radius 1 is 1.53 bits per heavy atom. The number of hydrogen-bond donors (Lipinski definition) is 1. The highest BCUT2D eigenvalue weighted by molar-refractivity contribution is 6.31. The number of hydrogen-bond acceptors (Lipinski definition) is 3. The summed E-state index contributed by atoms with van der Waals surface area (Å²) in [6.07, 6.45) is 0. The first-order chi connectivity index (χ1) is 8.13. The fourth-order valence-corrected chi connectivity index (χ4v) is 2.53. The van der Waals surface area contributed by atoms with Gasteiger partial charge >= 0.3 is 0 Å². The van der Waals surface area contributed by atoms with Crippen LogP contribution < -0.4 is 5.32 Å². The van der Waals surface area contributed by atoms with Crippen LogP contribution in [0.2, 0.25) is 5.02 Å². The van der Waals surface area contributed by atoms with Crippen molar-refractivity contribution in [2.45, 2.75) is 39.9 Å². The summed E-state index contributed by atoms with van der Waals surface area (Å²) < 4.78 is 2.02. The predicted octanol–water partition coefficient (Wildman–Crippen LogP) is 1.66. The highest BCUT2D eigenvalue weighted by Crippen LogP contribution is 2.22. The lowest BCUT2D eigenvalue weighted by atomic mass is 10.2. The quantitative estimate of drug-likeness (QED) is 0.893. The molecule has 0 aliphatic carbocycles. The molecule has 1 atom stereocenters. The van der Waals surface area contributed by atoms with E-state index >= 15 is 0 Å². The summed E-state index contributed by atoms with van der Waals surface area (Å²) in [7, 11) is 0. The first-order valence-electron chi connectivity index (χ1n) is 6.30. The van der Waals surface area contributed by atoms with Crippen LogP contribution in [0, 0.1) is 6.92 Å². The number of piperazine rings is 1. The van der Waals surface area contributed by atoms with Gasteiger partial charge < -0.3 is 5.32 Å². The molecular formula is C12H21ClN4. The summed E-state index contributed by atoms with van der Waals surface area (Å²) >= 11 is 6.33. The summed E-state index contributed by atoms with van der Waals surface area (Å²) in [4.78, 5) is 2.46. The van der Waals surface area contributed by atoms with Gasteiger partial charge in [-0.25, -0.2) is 0 Å². The Morgan fingerprint density at radius 3 is 2.94 bits per heavy atom. The van der Waals surface area contributed by atoms with Crippen molar-refractivity contribution < 1.29 is 0 Å². The molecule has 1 N–H and O–H groups in total. The number of aryl methyl sites for hydroxylation is 2. The van der Waals surface area contributed by atoms with Crippen LogP contribution in [0.1, 0.15) is 25.2 Å². The number of aromatic nitrogens is 2. The second-order valence-corrected chi connectivity index (χ2v) is 5.06. The van der Waals surface area contributed by atoms with Crippen molar-refractivity contribution in [1.29, 1.82) is 0 Å². The maximum absolute atomic E-state index is 6.33. The summed E-state index contributed by atoms with van der Waals surface area (Å²) in [6.45, 7) is 11.3. The van der Waals surface area contributed by atoms with Gasteiger partial charge in [0, 0.05) is 38.8 Å². The second kappa shape index (κ2) is 5.38. The number of rotatable bonds is 3.